The molecule has 0 N–H and O–H groups in total. The highest BCUT2D eigenvalue weighted by atomic mass is 32.2. The van der Waals surface area contributed by atoms with E-state index in [1.165, 1.54) is 22.2 Å². The maximum atomic E-state index is 5.12. The molecular weight excluding hydrogens is 388 g/mol. The van der Waals surface area contributed by atoms with Crippen LogP contribution < -0.4 is 0 Å². The fourth-order valence-electron chi connectivity index (χ4n) is 4.63. The minimum atomic E-state index is 0.00954. The molecule has 1 fully saturated rings. The first kappa shape index (κ1) is 17.8. The minimum absolute atomic E-state index is 0.00954. The summed E-state index contributed by atoms with van der Waals surface area (Å²) in [6.45, 7) is 3.29. The first-order valence-electron chi connectivity index (χ1n) is 10.4. The van der Waals surface area contributed by atoms with Crippen LogP contribution in [0.1, 0.15) is 30.4 Å². The summed E-state index contributed by atoms with van der Waals surface area (Å²) in [5.41, 5.74) is 3.47. The molecule has 3 atom stereocenters. The third kappa shape index (κ3) is 2.84. The Kier molecular flexibility index (Phi) is 4.16. The highest BCUT2D eigenvalue weighted by Gasteiger charge is 2.44. The third-order valence-electron chi connectivity index (χ3n) is 5.98. The van der Waals surface area contributed by atoms with E-state index in [-0.39, 0.29) is 12.1 Å². The van der Waals surface area contributed by atoms with E-state index in [0.717, 1.165) is 17.4 Å². The van der Waals surface area contributed by atoms with E-state index in [2.05, 4.69) is 94.3 Å². The van der Waals surface area contributed by atoms with Gasteiger partial charge >= 0.3 is 0 Å². The lowest BCUT2D eigenvalue weighted by Gasteiger charge is -2.28. The van der Waals surface area contributed by atoms with Crippen molar-refractivity contribution in [2.45, 2.75) is 24.3 Å². The number of benzene rings is 2. The molecule has 4 nitrogen and oxygen atoms in total. The maximum Gasteiger partial charge on any atom is 0.160 e. The van der Waals surface area contributed by atoms with Gasteiger partial charge in [0.1, 0.15) is 6.04 Å². The van der Waals surface area contributed by atoms with E-state index in [9.17, 15) is 0 Å². The van der Waals surface area contributed by atoms with E-state index in [1.54, 1.807) is 0 Å². The lowest BCUT2D eigenvalue weighted by Crippen LogP contribution is -2.30. The molecule has 2 aliphatic heterocycles. The predicted octanol–water partition coefficient (Wildman–Crippen LogP) is 5.61. The van der Waals surface area contributed by atoms with Crippen LogP contribution in [-0.2, 0) is 0 Å². The van der Waals surface area contributed by atoms with Gasteiger partial charge in [0.05, 0.1) is 11.7 Å². The van der Waals surface area contributed by atoms with Gasteiger partial charge in [0.15, 0.2) is 5.17 Å². The Labute approximate surface area is 180 Å². The molecule has 2 aromatic heterocycles. The number of pyridine rings is 1. The molecule has 2 aliphatic rings. The second kappa shape index (κ2) is 7.03. The van der Waals surface area contributed by atoms with Gasteiger partial charge in [0.2, 0.25) is 0 Å². The van der Waals surface area contributed by atoms with Crippen LogP contribution in [0.5, 0.6) is 0 Å². The second-order valence-corrected chi connectivity index (χ2v) is 9.38. The molecule has 0 radical (unpaired) electrons. The molecule has 4 aromatic rings. The van der Waals surface area contributed by atoms with E-state index < -0.39 is 0 Å². The Morgan fingerprint density at radius 3 is 2.67 bits per heavy atom. The summed E-state index contributed by atoms with van der Waals surface area (Å²) >= 11 is 1.88. The van der Waals surface area contributed by atoms with Crippen molar-refractivity contribution in [1.82, 2.24) is 14.5 Å². The minimum Gasteiger partial charge on any atom is -0.339 e. The van der Waals surface area contributed by atoms with Gasteiger partial charge in [0.25, 0.3) is 0 Å². The highest BCUT2D eigenvalue weighted by Crippen LogP contribution is 2.47. The zero-order valence-electron chi connectivity index (χ0n) is 16.7. The number of amidine groups is 1. The molecule has 0 bridgehead atoms. The Hall–Kier alpha value is -3.05. The zero-order chi connectivity index (χ0) is 20.1. The van der Waals surface area contributed by atoms with Crippen molar-refractivity contribution in [2.75, 3.05) is 6.54 Å². The molecule has 0 amide bonds. The molecule has 0 spiro atoms. The summed E-state index contributed by atoms with van der Waals surface area (Å²) in [7, 11) is 0. The lowest BCUT2D eigenvalue weighted by atomic mass is 10.0. The normalized spacial score (nSPS) is 23.0. The van der Waals surface area contributed by atoms with Crippen molar-refractivity contribution >= 4 is 27.7 Å². The van der Waals surface area contributed by atoms with Crippen LogP contribution in [0.25, 0.3) is 16.5 Å². The van der Waals surface area contributed by atoms with Gasteiger partial charge in [-0.2, -0.15) is 0 Å². The van der Waals surface area contributed by atoms with E-state index in [4.69, 9.17) is 4.99 Å². The Bertz CT molecular complexity index is 1250. The van der Waals surface area contributed by atoms with Crippen molar-refractivity contribution in [3.63, 3.8) is 0 Å². The van der Waals surface area contributed by atoms with Crippen LogP contribution in [0.2, 0.25) is 0 Å². The highest BCUT2D eigenvalue weighted by molar-refractivity contribution is 8.14. The van der Waals surface area contributed by atoms with Gasteiger partial charge in [-0.25, -0.2) is 0 Å². The summed E-state index contributed by atoms with van der Waals surface area (Å²) < 4.78 is 2.32. The number of aromatic nitrogens is 2. The molecule has 4 heterocycles. The molecule has 0 saturated carbocycles. The van der Waals surface area contributed by atoms with Gasteiger partial charge in [-0.05, 0) is 47.2 Å². The van der Waals surface area contributed by atoms with E-state index >= 15 is 0 Å². The number of hydrogen-bond acceptors (Lipinski definition) is 4. The topological polar surface area (TPSA) is 33.4 Å². The van der Waals surface area contributed by atoms with Gasteiger partial charge in [-0.3, -0.25) is 9.98 Å². The molecule has 148 valence electrons. The van der Waals surface area contributed by atoms with Crippen LogP contribution in [-0.4, -0.2) is 31.4 Å². The molecule has 5 heteroatoms. The number of fused-ring (bicyclic) bond motifs is 2. The molecule has 30 heavy (non-hydrogen) atoms. The SMILES string of the molecule is C[C@H]1CN2C(=N[C@@H](c3ccccn3)[C@@H]2c2cccn2-c2ccc3ccccc3c2)S1. The monoisotopic (exact) mass is 410 g/mol. The Morgan fingerprint density at radius 1 is 0.933 bits per heavy atom. The van der Waals surface area contributed by atoms with Crippen LogP contribution in [0.15, 0.2) is 90.2 Å². The first-order valence-corrected chi connectivity index (χ1v) is 11.2. The number of aliphatic imine (C=N–C) groups is 1. The average molecular weight is 411 g/mol. The number of hydrogen-bond donors (Lipinski definition) is 0. The van der Waals surface area contributed by atoms with Gasteiger partial charge < -0.3 is 9.47 Å². The van der Waals surface area contributed by atoms with Gasteiger partial charge in [-0.15, -0.1) is 0 Å². The number of nitrogens with zero attached hydrogens (tertiary/aromatic N) is 4. The zero-order valence-corrected chi connectivity index (χ0v) is 17.5. The summed E-state index contributed by atoms with van der Waals surface area (Å²) in [4.78, 5) is 12.3. The van der Waals surface area contributed by atoms with Crippen molar-refractivity contribution in [1.29, 1.82) is 0 Å². The Morgan fingerprint density at radius 2 is 1.80 bits per heavy atom. The summed E-state index contributed by atoms with van der Waals surface area (Å²) in [5.74, 6) is 0. The molecule has 2 aromatic carbocycles. The van der Waals surface area contributed by atoms with Crippen molar-refractivity contribution in [2.24, 2.45) is 4.99 Å². The number of thioether (sulfide) groups is 1. The fraction of sp³-hybridized carbons (Fsp3) is 0.200. The molecule has 6 rings (SSSR count). The van der Waals surface area contributed by atoms with Gasteiger partial charge in [0, 0.05) is 35.6 Å². The Balaban J connectivity index is 1.47. The quantitative estimate of drug-likeness (QED) is 0.440. The van der Waals surface area contributed by atoms with Crippen LogP contribution >= 0.6 is 11.8 Å². The smallest absolute Gasteiger partial charge is 0.160 e. The van der Waals surface area contributed by atoms with Crippen molar-refractivity contribution in [3.05, 3.63) is 96.6 Å². The summed E-state index contributed by atoms with van der Waals surface area (Å²) in [5, 5.41) is 4.22. The molecule has 0 unspecified atom stereocenters. The van der Waals surface area contributed by atoms with Crippen LogP contribution in [0.3, 0.4) is 0 Å². The third-order valence-corrected chi connectivity index (χ3v) is 7.08. The standard InChI is InChI=1S/C25H22N4S/c1-17-16-29-24(23(27-25(29)30-17)21-9-4-5-13-26-21)22-10-6-14-28(22)20-12-11-18-7-2-3-8-19(18)15-20/h2-15,17,23-24H,16H2,1H3/t17-,23-,24-/m0/s1. The van der Waals surface area contributed by atoms with Gasteiger partial charge in [-0.1, -0.05) is 55.1 Å². The second-order valence-electron chi connectivity index (χ2n) is 7.97. The first-order chi connectivity index (χ1) is 14.8. The fourth-order valence-corrected chi connectivity index (χ4v) is 5.73. The van der Waals surface area contributed by atoms with E-state index in [1.807, 2.05) is 24.0 Å². The van der Waals surface area contributed by atoms with E-state index in [0.29, 0.717) is 5.25 Å². The average Bonchev–Trinajstić information content (AvgIpc) is 3.48. The predicted molar refractivity (Wildman–Crippen MR) is 124 cm³/mol. The van der Waals surface area contributed by atoms with Crippen LogP contribution in [0.4, 0.5) is 0 Å². The van der Waals surface area contributed by atoms with Crippen molar-refractivity contribution < 1.29 is 0 Å². The summed E-state index contributed by atoms with van der Waals surface area (Å²) in [6, 6.07) is 25.9. The molecule has 1 saturated heterocycles. The molecule has 0 aliphatic carbocycles. The summed E-state index contributed by atoms with van der Waals surface area (Å²) in [6.07, 6.45) is 4.04. The maximum absolute atomic E-state index is 5.12. The van der Waals surface area contributed by atoms with Crippen molar-refractivity contribution in [3.8, 4) is 5.69 Å². The lowest BCUT2D eigenvalue weighted by molar-refractivity contribution is 0.312. The van der Waals surface area contributed by atoms with Crippen LogP contribution in [0, 0.1) is 0 Å². The largest absolute Gasteiger partial charge is 0.339 e. The molecular formula is C25H22N4S. The number of rotatable bonds is 3.